The van der Waals surface area contributed by atoms with Crippen LogP contribution in [-0.4, -0.2) is 33.2 Å². The molecule has 2 aromatic carbocycles. The molecule has 0 fully saturated rings. The molecule has 1 aliphatic rings. The minimum atomic E-state index is 0.0945. The summed E-state index contributed by atoms with van der Waals surface area (Å²) in [5, 5.41) is 3.24. The number of methoxy groups -OCH3 is 1. The van der Waals surface area contributed by atoms with Crippen LogP contribution in [0.25, 0.3) is 0 Å². The molecule has 5 heteroatoms. The molecule has 150 valence electrons. The van der Waals surface area contributed by atoms with E-state index in [-0.39, 0.29) is 11.9 Å². The summed E-state index contributed by atoms with van der Waals surface area (Å²) in [7, 11) is 3.69. The molecule has 1 aliphatic carbocycles. The van der Waals surface area contributed by atoms with Crippen molar-refractivity contribution in [2.45, 2.75) is 38.8 Å². The minimum absolute atomic E-state index is 0.0945. The van der Waals surface area contributed by atoms with Crippen LogP contribution in [0.5, 0.6) is 11.5 Å². The number of hydrogen-bond donors (Lipinski definition) is 2. The van der Waals surface area contributed by atoms with E-state index in [9.17, 15) is 4.79 Å². The molecule has 0 aromatic heterocycles. The lowest BCUT2D eigenvalue weighted by Gasteiger charge is -2.26. The van der Waals surface area contributed by atoms with Gasteiger partial charge in [-0.2, -0.15) is 0 Å². The van der Waals surface area contributed by atoms with Gasteiger partial charge in [-0.05, 0) is 55.5 Å². The van der Waals surface area contributed by atoms with Crippen molar-refractivity contribution in [1.29, 1.82) is 0 Å². The number of ether oxygens (including phenoxy) is 2. The average molecular weight is 384 g/mol. The van der Waals surface area contributed by atoms with E-state index < -0.39 is 0 Å². The molecular weight excluding hydrogens is 352 g/mol. The molecule has 5 nitrogen and oxygen atoms in total. The fourth-order valence-electron chi connectivity index (χ4n) is 3.93. The third kappa shape index (κ3) is 5.04. The van der Waals surface area contributed by atoms with Gasteiger partial charge in [0.2, 0.25) is 0 Å². The molecule has 0 aliphatic heterocycles. The Morgan fingerprint density at radius 3 is 2.82 bits per heavy atom. The lowest BCUT2D eigenvalue weighted by molar-refractivity contribution is -0.885. The van der Waals surface area contributed by atoms with Crippen LogP contribution in [0.1, 0.15) is 42.5 Å². The third-order valence-electron chi connectivity index (χ3n) is 5.20. The molecular formula is C23H31N2O3+. The SMILES string of the molecule is CCOc1ccc(C[NH+](C)CC(=O)N[C@@H]2CCCc3ccccc32)cc1OC. The summed E-state index contributed by atoms with van der Waals surface area (Å²) < 4.78 is 11.0. The molecule has 0 bridgehead atoms. The summed E-state index contributed by atoms with van der Waals surface area (Å²) in [6, 6.07) is 14.5. The number of quaternary nitrogens is 1. The molecule has 1 unspecified atom stereocenters. The lowest BCUT2D eigenvalue weighted by atomic mass is 9.88. The largest absolute Gasteiger partial charge is 0.493 e. The van der Waals surface area contributed by atoms with Crippen molar-refractivity contribution in [3.05, 3.63) is 59.2 Å². The second-order valence-electron chi connectivity index (χ2n) is 7.44. The van der Waals surface area contributed by atoms with Gasteiger partial charge in [0.25, 0.3) is 5.91 Å². The van der Waals surface area contributed by atoms with E-state index in [1.807, 2.05) is 32.2 Å². The molecule has 28 heavy (non-hydrogen) atoms. The smallest absolute Gasteiger partial charge is 0.275 e. The standard InChI is InChI=1S/C23H30N2O3/c1-4-28-21-13-12-17(14-22(21)27-3)15-25(2)16-23(26)24-20-11-7-9-18-8-5-6-10-19(18)20/h5-6,8,10,12-14,20H,4,7,9,11,15-16H2,1-3H3,(H,24,26)/p+1/t20-/m1/s1. The van der Waals surface area contributed by atoms with Crippen molar-refractivity contribution >= 4 is 5.91 Å². The van der Waals surface area contributed by atoms with Gasteiger partial charge >= 0.3 is 0 Å². The van der Waals surface area contributed by atoms with Crippen molar-refractivity contribution in [3.63, 3.8) is 0 Å². The van der Waals surface area contributed by atoms with Crippen LogP contribution in [0.4, 0.5) is 0 Å². The van der Waals surface area contributed by atoms with Crippen LogP contribution >= 0.6 is 0 Å². The predicted octanol–water partition coefficient (Wildman–Crippen LogP) is 2.30. The van der Waals surface area contributed by atoms with Gasteiger partial charge in [-0.3, -0.25) is 4.79 Å². The molecule has 0 saturated carbocycles. The highest BCUT2D eigenvalue weighted by atomic mass is 16.5. The number of carbonyl (C=O) groups is 1. The number of nitrogens with one attached hydrogen (secondary N) is 2. The number of rotatable bonds is 8. The first-order valence-corrected chi connectivity index (χ1v) is 10.1. The molecule has 0 radical (unpaired) electrons. The Hall–Kier alpha value is -2.53. The zero-order valence-corrected chi connectivity index (χ0v) is 17.1. The monoisotopic (exact) mass is 383 g/mol. The predicted molar refractivity (Wildman–Crippen MR) is 110 cm³/mol. The van der Waals surface area contributed by atoms with E-state index in [1.165, 1.54) is 11.1 Å². The Bertz CT molecular complexity index is 806. The topological polar surface area (TPSA) is 52.0 Å². The van der Waals surface area contributed by atoms with Crippen molar-refractivity contribution in [1.82, 2.24) is 5.32 Å². The van der Waals surface area contributed by atoms with Crippen molar-refractivity contribution in [2.24, 2.45) is 0 Å². The van der Waals surface area contributed by atoms with Crippen molar-refractivity contribution in [3.8, 4) is 11.5 Å². The minimum Gasteiger partial charge on any atom is -0.493 e. The van der Waals surface area contributed by atoms with E-state index in [0.717, 1.165) is 47.8 Å². The molecule has 0 saturated heterocycles. The summed E-state index contributed by atoms with van der Waals surface area (Å²) in [6.07, 6.45) is 3.24. The van der Waals surface area contributed by atoms with Crippen molar-refractivity contribution < 1.29 is 19.2 Å². The van der Waals surface area contributed by atoms with Crippen LogP contribution in [-0.2, 0) is 17.8 Å². The number of hydrogen-bond acceptors (Lipinski definition) is 3. The van der Waals surface area contributed by atoms with Gasteiger partial charge in [-0.1, -0.05) is 24.3 Å². The maximum atomic E-state index is 12.6. The number of aryl methyl sites for hydroxylation is 1. The fraction of sp³-hybridized carbons (Fsp3) is 0.435. The van der Waals surface area contributed by atoms with Crippen molar-refractivity contribution in [2.75, 3.05) is 27.3 Å². The van der Waals surface area contributed by atoms with Crippen LogP contribution in [0, 0.1) is 0 Å². The maximum absolute atomic E-state index is 12.6. The fourth-order valence-corrected chi connectivity index (χ4v) is 3.93. The lowest BCUT2D eigenvalue weighted by Crippen LogP contribution is -3.08. The third-order valence-corrected chi connectivity index (χ3v) is 5.20. The maximum Gasteiger partial charge on any atom is 0.275 e. The molecule has 2 N–H and O–H groups in total. The zero-order chi connectivity index (χ0) is 19.9. The molecule has 1 amide bonds. The average Bonchev–Trinajstić information content (AvgIpc) is 2.69. The van der Waals surface area contributed by atoms with Crippen LogP contribution in [0.15, 0.2) is 42.5 Å². The normalized spacial score (nSPS) is 16.8. The van der Waals surface area contributed by atoms with E-state index in [4.69, 9.17) is 9.47 Å². The van der Waals surface area contributed by atoms with Crippen LogP contribution in [0.2, 0.25) is 0 Å². The second kappa shape index (κ2) is 9.60. The van der Waals surface area contributed by atoms with E-state index in [2.05, 4.69) is 29.6 Å². The van der Waals surface area contributed by atoms with Crippen LogP contribution < -0.4 is 19.7 Å². The molecule has 0 spiro atoms. The van der Waals surface area contributed by atoms with Gasteiger partial charge in [0, 0.05) is 5.56 Å². The summed E-state index contributed by atoms with van der Waals surface area (Å²) >= 11 is 0. The molecule has 0 heterocycles. The van der Waals surface area contributed by atoms with Gasteiger partial charge < -0.3 is 19.7 Å². The Labute approximate surface area is 167 Å². The Morgan fingerprint density at radius 1 is 1.21 bits per heavy atom. The van der Waals surface area contributed by atoms with Gasteiger partial charge in [0.1, 0.15) is 6.54 Å². The number of likely N-dealkylation sites (N-methyl/N-ethyl adjacent to an activating group) is 1. The van der Waals surface area contributed by atoms with Gasteiger partial charge in [0.15, 0.2) is 18.0 Å². The first-order valence-electron chi connectivity index (χ1n) is 10.1. The summed E-state index contributed by atoms with van der Waals surface area (Å²) in [6.45, 7) is 3.74. The molecule has 2 atom stereocenters. The van der Waals surface area contributed by atoms with Gasteiger partial charge in [-0.15, -0.1) is 0 Å². The highest BCUT2D eigenvalue weighted by Crippen LogP contribution is 2.29. The Morgan fingerprint density at radius 2 is 2.04 bits per heavy atom. The number of carbonyl (C=O) groups excluding carboxylic acids is 1. The Kier molecular flexibility index (Phi) is 6.93. The number of fused-ring (bicyclic) bond motifs is 1. The first kappa shape index (κ1) is 20.2. The van der Waals surface area contributed by atoms with Gasteiger partial charge in [0.05, 0.1) is 26.8 Å². The first-order chi connectivity index (χ1) is 13.6. The number of amides is 1. The van der Waals surface area contributed by atoms with Gasteiger partial charge in [-0.25, -0.2) is 0 Å². The quantitative estimate of drug-likeness (QED) is 0.736. The summed E-state index contributed by atoms with van der Waals surface area (Å²) in [4.78, 5) is 13.7. The summed E-state index contributed by atoms with van der Waals surface area (Å²) in [5.74, 6) is 1.58. The van der Waals surface area contributed by atoms with Crippen LogP contribution in [0.3, 0.4) is 0 Å². The molecule has 3 rings (SSSR count). The van der Waals surface area contributed by atoms with E-state index in [0.29, 0.717) is 13.2 Å². The summed E-state index contributed by atoms with van der Waals surface area (Å²) in [5.41, 5.74) is 3.76. The van der Waals surface area contributed by atoms with E-state index in [1.54, 1.807) is 7.11 Å². The number of benzene rings is 2. The molecule has 2 aromatic rings. The highest BCUT2D eigenvalue weighted by molar-refractivity contribution is 5.77. The highest BCUT2D eigenvalue weighted by Gasteiger charge is 2.22. The zero-order valence-electron chi connectivity index (χ0n) is 17.1. The van der Waals surface area contributed by atoms with E-state index >= 15 is 0 Å². The second-order valence-corrected chi connectivity index (χ2v) is 7.44. The Balaban J connectivity index is 1.56.